The molecule has 6 heteroatoms. The third kappa shape index (κ3) is 3.27. The smallest absolute Gasteiger partial charge is 0.250 e. The fraction of sp³-hybridized carbons (Fsp3) is 0.154. The van der Waals surface area contributed by atoms with Crippen LogP contribution >= 0.6 is 11.6 Å². The Morgan fingerprint density at radius 3 is 2.68 bits per heavy atom. The zero-order valence-corrected chi connectivity index (χ0v) is 10.8. The van der Waals surface area contributed by atoms with Crippen LogP contribution in [0.5, 0.6) is 0 Å². The van der Waals surface area contributed by atoms with Gasteiger partial charge in [-0.2, -0.15) is 0 Å². The van der Waals surface area contributed by atoms with E-state index in [1.165, 1.54) is 0 Å². The molecule has 1 aromatic heterocycles. The van der Waals surface area contributed by atoms with E-state index in [4.69, 9.17) is 26.9 Å². The predicted molar refractivity (Wildman–Crippen MR) is 71.9 cm³/mol. The highest BCUT2D eigenvalue weighted by atomic mass is 35.5. The highest BCUT2D eigenvalue weighted by Gasteiger charge is 2.08. The number of rotatable bonds is 5. The molecule has 2 aromatic rings. The third-order valence-corrected chi connectivity index (χ3v) is 2.90. The van der Waals surface area contributed by atoms with Gasteiger partial charge in [-0.3, -0.25) is 4.79 Å². The molecule has 4 N–H and O–H groups in total. The number of aliphatic hydroxyl groups is 1. The minimum Gasteiger partial charge on any atom is -0.462 e. The Hall–Kier alpha value is -1.98. The van der Waals surface area contributed by atoms with Gasteiger partial charge in [-0.05, 0) is 30.3 Å². The number of carbonyl (C=O) groups excluding carboxylic acids is 1. The first kappa shape index (κ1) is 13.5. The van der Waals surface area contributed by atoms with E-state index in [0.29, 0.717) is 28.8 Å². The number of carbonyl (C=O) groups is 1. The van der Waals surface area contributed by atoms with Gasteiger partial charge in [0.15, 0.2) is 0 Å². The second-order valence-electron chi connectivity index (χ2n) is 3.94. The molecular weight excluding hydrogens is 268 g/mol. The van der Waals surface area contributed by atoms with Crippen LogP contribution in [0.25, 0.3) is 0 Å². The molecule has 0 bridgehead atoms. The van der Waals surface area contributed by atoms with E-state index in [-0.39, 0.29) is 12.2 Å². The standard InChI is InChI=1S/C13H13ClN2O3/c14-12-4-1-8(5-11(12)13(15)18)16-6-9-2-3-10(7-17)19-9/h1-5,16-17H,6-7H2,(H2,15,18). The van der Waals surface area contributed by atoms with Crippen LogP contribution in [0.4, 0.5) is 5.69 Å². The molecule has 0 unspecified atom stereocenters. The molecule has 1 heterocycles. The molecule has 19 heavy (non-hydrogen) atoms. The molecule has 0 saturated carbocycles. The van der Waals surface area contributed by atoms with Crippen molar-refractivity contribution in [2.75, 3.05) is 5.32 Å². The monoisotopic (exact) mass is 280 g/mol. The Labute approximate surface area is 115 Å². The summed E-state index contributed by atoms with van der Waals surface area (Å²) in [6.45, 7) is 0.298. The van der Waals surface area contributed by atoms with Crippen LogP contribution < -0.4 is 11.1 Å². The number of aliphatic hydroxyl groups excluding tert-OH is 1. The summed E-state index contributed by atoms with van der Waals surface area (Å²) in [4.78, 5) is 11.2. The first-order valence-electron chi connectivity index (χ1n) is 5.62. The van der Waals surface area contributed by atoms with Crippen LogP contribution in [0.1, 0.15) is 21.9 Å². The number of anilines is 1. The second kappa shape index (κ2) is 5.77. The fourth-order valence-electron chi connectivity index (χ4n) is 1.62. The fourth-order valence-corrected chi connectivity index (χ4v) is 1.83. The summed E-state index contributed by atoms with van der Waals surface area (Å²) < 4.78 is 5.33. The number of hydrogen-bond acceptors (Lipinski definition) is 4. The summed E-state index contributed by atoms with van der Waals surface area (Å²) >= 11 is 5.86. The lowest BCUT2D eigenvalue weighted by atomic mass is 10.2. The van der Waals surface area contributed by atoms with Gasteiger partial charge in [0.1, 0.15) is 18.1 Å². The van der Waals surface area contributed by atoms with Gasteiger partial charge in [-0.1, -0.05) is 11.6 Å². The van der Waals surface area contributed by atoms with Crippen LogP contribution in [0.3, 0.4) is 0 Å². The lowest BCUT2D eigenvalue weighted by Crippen LogP contribution is -2.12. The Morgan fingerprint density at radius 1 is 1.32 bits per heavy atom. The summed E-state index contributed by atoms with van der Waals surface area (Å²) in [5, 5.41) is 12.3. The summed E-state index contributed by atoms with van der Waals surface area (Å²) in [5.41, 5.74) is 6.19. The van der Waals surface area contributed by atoms with E-state index in [2.05, 4.69) is 5.32 Å². The van der Waals surface area contributed by atoms with Gasteiger partial charge < -0.3 is 20.6 Å². The van der Waals surface area contributed by atoms with E-state index in [1.54, 1.807) is 30.3 Å². The molecule has 1 amide bonds. The Bertz CT molecular complexity index is 595. The number of amides is 1. The van der Waals surface area contributed by atoms with E-state index in [9.17, 15) is 4.79 Å². The largest absolute Gasteiger partial charge is 0.462 e. The minimum atomic E-state index is -0.575. The summed E-state index contributed by atoms with van der Waals surface area (Å²) in [7, 11) is 0. The van der Waals surface area contributed by atoms with Gasteiger partial charge in [0.2, 0.25) is 5.91 Å². The normalized spacial score (nSPS) is 10.4. The van der Waals surface area contributed by atoms with Crippen molar-refractivity contribution in [3.05, 3.63) is 52.4 Å². The summed E-state index contributed by atoms with van der Waals surface area (Å²) in [5.74, 6) is 0.611. The minimum absolute atomic E-state index is 0.132. The summed E-state index contributed by atoms with van der Waals surface area (Å²) in [6.07, 6.45) is 0. The van der Waals surface area contributed by atoms with E-state index >= 15 is 0 Å². The molecular formula is C13H13ClN2O3. The van der Waals surface area contributed by atoms with Gasteiger partial charge in [-0.15, -0.1) is 0 Å². The zero-order valence-electron chi connectivity index (χ0n) is 10.0. The van der Waals surface area contributed by atoms with Gasteiger partial charge in [0, 0.05) is 5.69 Å². The number of nitrogens with two attached hydrogens (primary N) is 1. The van der Waals surface area contributed by atoms with Crippen molar-refractivity contribution in [1.29, 1.82) is 0 Å². The molecule has 5 nitrogen and oxygen atoms in total. The van der Waals surface area contributed by atoms with Crippen molar-refractivity contribution in [2.45, 2.75) is 13.2 Å². The maximum absolute atomic E-state index is 11.2. The average Bonchev–Trinajstić information content (AvgIpc) is 2.85. The zero-order chi connectivity index (χ0) is 13.8. The quantitative estimate of drug-likeness (QED) is 0.783. The topological polar surface area (TPSA) is 88.5 Å². The van der Waals surface area contributed by atoms with Crippen molar-refractivity contribution < 1.29 is 14.3 Å². The lowest BCUT2D eigenvalue weighted by Gasteiger charge is -2.07. The first-order valence-corrected chi connectivity index (χ1v) is 5.99. The molecule has 0 saturated heterocycles. The van der Waals surface area contributed by atoms with Crippen molar-refractivity contribution in [3.63, 3.8) is 0 Å². The molecule has 0 radical (unpaired) electrons. The number of nitrogens with one attached hydrogen (secondary N) is 1. The van der Waals surface area contributed by atoms with Crippen LogP contribution in [-0.2, 0) is 13.2 Å². The van der Waals surface area contributed by atoms with E-state index in [0.717, 1.165) is 0 Å². The van der Waals surface area contributed by atoms with Crippen LogP contribution in [0.2, 0.25) is 5.02 Å². The Balaban J connectivity index is 2.07. The maximum Gasteiger partial charge on any atom is 0.250 e. The van der Waals surface area contributed by atoms with Gasteiger partial charge >= 0.3 is 0 Å². The molecule has 2 rings (SSSR count). The summed E-state index contributed by atoms with van der Waals surface area (Å²) in [6, 6.07) is 8.40. The Morgan fingerprint density at radius 2 is 2.05 bits per heavy atom. The lowest BCUT2D eigenvalue weighted by molar-refractivity contribution is 0.100. The van der Waals surface area contributed by atoms with Crippen LogP contribution in [0.15, 0.2) is 34.7 Å². The van der Waals surface area contributed by atoms with Crippen LogP contribution in [0, 0.1) is 0 Å². The Kier molecular flexibility index (Phi) is 4.09. The molecule has 0 aliphatic carbocycles. The van der Waals surface area contributed by atoms with Crippen molar-refractivity contribution in [1.82, 2.24) is 0 Å². The van der Waals surface area contributed by atoms with Crippen molar-refractivity contribution >= 4 is 23.2 Å². The SMILES string of the molecule is NC(=O)c1cc(NCc2ccc(CO)o2)ccc1Cl. The molecule has 0 aliphatic rings. The van der Waals surface area contributed by atoms with E-state index in [1.807, 2.05) is 0 Å². The molecule has 0 spiro atoms. The first-order chi connectivity index (χ1) is 9.10. The van der Waals surface area contributed by atoms with Gasteiger partial charge in [0.25, 0.3) is 0 Å². The van der Waals surface area contributed by atoms with Gasteiger partial charge in [-0.25, -0.2) is 0 Å². The van der Waals surface area contributed by atoms with Crippen LogP contribution in [-0.4, -0.2) is 11.0 Å². The van der Waals surface area contributed by atoms with Gasteiger partial charge in [0.05, 0.1) is 17.1 Å². The highest BCUT2D eigenvalue weighted by molar-refractivity contribution is 6.33. The highest BCUT2D eigenvalue weighted by Crippen LogP contribution is 2.21. The average molecular weight is 281 g/mol. The van der Waals surface area contributed by atoms with E-state index < -0.39 is 5.91 Å². The number of hydrogen-bond donors (Lipinski definition) is 3. The third-order valence-electron chi connectivity index (χ3n) is 2.57. The molecule has 1 aromatic carbocycles. The number of primary amides is 1. The van der Waals surface area contributed by atoms with Crippen molar-refractivity contribution in [2.24, 2.45) is 5.73 Å². The maximum atomic E-state index is 11.2. The molecule has 0 fully saturated rings. The number of halogens is 1. The second-order valence-corrected chi connectivity index (χ2v) is 4.35. The number of furan rings is 1. The predicted octanol–water partition coefficient (Wildman–Crippen LogP) is 2.14. The number of benzene rings is 1. The molecule has 0 atom stereocenters. The van der Waals surface area contributed by atoms with Crippen molar-refractivity contribution in [3.8, 4) is 0 Å². The molecule has 0 aliphatic heterocycles. The molecule has 100 valence electrons.